The van der Waals surface area contributed by atoms with Gasteiger partial charge in [-0.1, -0.05) is 96.9 Å². The molecular formula is C36H67N7O8. The van der Waals surface area contributed by atoms with E-state index in [4.69, 9.17) is 10.5 Å². The number of nitrogens with two attached hydrogens (primary N) is 1. The second-order valence-electron chi connectivity index (χ2n) is 15.7. The van der Waals surface area contributed by atoms with Gasteiger partial charge in [0.25, 0.3) is 0 Å². The normalized spacial score (nSPS) is 15.9. The Morgan fingerprint density at radius 2 is 0.549 bits per heavy atom. The first-order chi connectivity index (χ1) is 23.4. The summed E-state index contributed by atoms with van der Waals surface area (Å²) in [4.78, 5) is 92.5. The summed E-state index contributed by atoms with van der Waals surface area (Å²) < 4.78 is 4.81. The largest absolute Gasteiger partial charge is 0.467 e. The van der Waals surface area contributed by atoms with Crippen LogP contribution in [-0.4, -0.2) is 90.8 Å². The number of hydrogen-bond acceptors (Lipinski definition) is 9. The lowest BCUT2D eigenvalue weighted by Gasteiger charge is -2.31. The van der Waals surface area contributed by atoms with Crippen LogP contribution in [0.5, 0.6) is 0 Å². The van der Waals surface area contributed by atoms with Gasteiger partial charge in [-0.15, -0.1) is 0 Å². The zero-order chi connectivity index (χ0) is 40.1. The van der Waals surface area contributed by atoms with E-state index in [1.54, 1.807) is 96.9 Å². The van der Waals surface area contributed by atoms with Crippen molar-refractivity contribution in [2.45, 2.75) is 139 Å². The van der Waals surface area contributed by atoms with E-state index in [2.05, 4.69) is 31.9 Å². The number of rotatable bonds is 20. The number of nitrogens with one attached hydrogen (secondary N) is 6. The van der Waals surface area contributed by atoms with E-state index in [0.29, 0.717) is 0 Å². The molecule has 0 aliphatic rings. The number of methoxy groups -OCH3 is 1. The van der Waals surface area contributed by atoms with Gasteiger partial charge in [0.05, 0.1) is 13.2 Å². The number of esters is 1. The Morgan fingerprint density at radius 1 is 0.353 bits per heavy atom. The average Bonchev–Trinajstić information content (AvgIpc) is 3.02. The number of hydrogen-bond donors (Lipinski definition) is 7. The molecule has 15 heteroatoms. The zero-order valence-corrected chi connectivity index (χ0v) is 33.4. The molecule has 0 heterocycles. The Balaban J connectivity index is 6.03. The summed E-state index contributed by atoms with van der Waals surface area (Å²) in [6, 6.07) is -6.96. The first-order valence-electron chi connectivity index (χ1n) is 18.0. The van der Waals surface area contributed by atoms with Gasteiger partial charge >= 0.3 is 5.97 Å². The van der Waals surface area contributed by atoms with Crippen LogP contribution in [0.25, 0.3) is 0 Å². The van der Waals surface area contributed by atoms with Crippen LogP contribution < -0.4 is 37.6 Å². The zero-order valence-electron chi connectivity index (χ0n) is 33.4. The van der Waals surface area contributed by atoms with Crippen LogP contribution in [0.2, 0.25) is 0 Å². The summed E-state index contributed by atoms with van der Waals surface area (Å²) in [7, 11) is 1.22. The molecule has 0 saturated carbocycles. The summed E-state index contributed by atoms with van der Waals surface area (Å²) in [6.45, 7) is 24.5. The highest BCUT2D eigenvalue weighted by Gasteiger charge is 2.37. The molecule has 8 N–H and O–H groups in total. The van der Waals surface area contributed by atoms with Crippen molar-refractivity contribution in [2.24, 2.45) is 47.2 Å². The van der Waals surface area contributed by atoms with Crippen LogP contribution in [0.1, 0.15) is 96.9 Å². The number of amides is 6. The minimum Gasteiger partial charge on any atom is -0.467 e. The van der Waals surface area contributed by atoms with Gasteiger partial charge in [0.2, 0.25) is 35.4 Å². The minimum absolute atomic E-state index is 0.151. The topological polar surface area (TPSA) is 227 Å². The summed E-state index contributed by atoms with van der Waals surface area (Å²) >= 11 is 0. The van der Waals surface area contributed by atoms with Gasteiger partial charge in [0.15, 0.2) is 0 Å². The molecule has 51 heavy (non-hydrogen) atoms. The molecule has 6 amide bonds. The van der Waals surface area contributed by atoms with Gasteiger partial charge in [0, 0.05) is 0 Å². The third-order valence-corrected chi connectivity index (χ3v) is 8.68. The van der Waals surface area contributed by atoms with E-state index in [1.807, 2.05) is 0 Å². The van der Waals surface area contributed by atoms with Crippen LogP contribution in [0.15, 0.2) is 0 Å². The second-order valence-corrected chi connectivity index (χ2v) is 15.7. The molecule has 0 spiro atoms. The lowest BCUT2D eigenvalue weighted by Crippen LogP contribution is -2.62. The second kappa shape index (κ2) is 21.6. The molecule has 0 radical (unpaired) electrons. The summed E-state index contributed by atoms with van der Waals surface area (Å²) in [5.41, 5.74) is 5.98. The van der Waals surface area contributed by atoms with E-state index in [0.717, 1.165) is 0 Å². The maximum Gasteiger partial charge on any atom is 0.328 e. The number of carbonyl (C=O) groups excluding carboxylic acids is 7. The van der Waals surface area contributed by atoms with E-state index in [9.17, 15) is 33.6 Å². The SMILES string of the molecule is COC(=O)[C@@H](NC(=O)[C@@H](NC(=O)[C@@H](NC(=O)[C@@H](NC(=O)[C@@H](NC(=O)[C@@H](NC(=O)[C@@H](N)C(C)C)C(C)C)C(C)C)C(C)C)C(C)C)C(C)C)C(C)C. The molecule has 0 aliphatic carbocycles. The first kappa shape index (κ1) is 47.2. The van der Waals surface area contributed by atoms with Gasteiger partial charge in [-0.05, 0) is 41.4 Å². The number of carbonyl (C=O) groups is 7. The van der Waals surface area contributed by atoms with E-state index in [-0.39, 0.29) is 23.7 Å². The summed E-state index contributed by atoms with van der Waals surface area (Å²) in [6.07, 6.45) is 0. The first-order valence-corrected chi connectivity index (χ1v) is 18.0. The third-order valence-electron chi connectivity index (χ3n) is 8.68. The van der Waals surface area contributed by atoms with Crippen molar-refractivity contribution in [1.82, 2.24) is 31.9 Å². The molecule has 294 valence electrons. The predicted octanol–water partition coefficient (Wildman–Crippen LogP) is 0.988. The van der Waals surface area contributed by atoms with Crippen molar-refractivity contribution in [3.05, 3.63) is 0 Å². The van der Waals surface area contributed by atoms with Crippen LogP contribution >= 0.6 is 0 Å². The Morgan fingerprint density at radius 3 is 0.725 bits per heavy atom. The van der Waals surface area contributed by atoms with Gasteiger partial charge < -0.3 is 42.4 Å². The molecule has 7 atom stereocenters. The highest BCUT2D eigenvalue weighted by atomic mass is 16.5. The molecule has 15 nitrogen and oxygen atoms in total. The van der Waals surface area contributed by atoms with E-state index < -0.39 is 101 Å². The Kier molecular flexibility index (Phi) is 20.0. The fourth-order valence-electron chi connectivity index (χ4n) is 5.07. The van der Waals surface area contributed by atoms with Crippen LogP contribution in [0.3, 0.4) is 0 Å². The van der Waals surface area contributed by atoms with Crippen LogP contribution in [0, 0.1) is 41.4 Å². The fourth-order valence-corrected chi connectivity index (χ4v) is 5.07. The van der Waals surface area contributed by atoms with Crippen molar-refractivity contribution < 1.29 is 38.3 Å². The Hall–Kier alpha value is -3.75. The van der Waals surface area contributed by atoms with Gasteiger partial charge in [0.1, 0.15) is 36.3 Å². The number of ether oxygens (including phenoxy) is 1. The lowest BCUT2D eigenvalue weighted by molar-refractivity contribution is -0.147. The van der Waals surface area contributed by atoms with Crippen molar-refractivity contribution in [3.63, 3.8) is 0 Å². The lowest BCUT2D eigenvalue weighted by atomic mass is 9.96. The van der Waals surface area contributed by atoms with Crippen LogP contribution in [-0.2, 0) is 38.3 Å². The highest BCUT2D eigenvalue weighted by molar-refractivity contribution is 5.97. The van der Waals surface area contributed by atoms with Crippen molar-refractivity contribution >= 4 is 41.4 Å². The van der Waals surface area contributed by atoms with Crippen molar-refractivity contribution in [2.75, 3.05) is 7.11 Å². The molecule has 0 aromatic rings. The molecule has 0 fully saturated rings. The fraction of sp³-hybridized carbons (Fsp3) is 0.806. The van der Waals surface area contributed by atoms with Crippen molar-refractivity contribution in [1.29, 1.82) is 0 Å². The Labute approximate surface area is 304 Å². The van der Waals surface area contributed by atoms with Crippen molar-refractivity contribution in [3.8, 4) is 0 Å². The predicted molar refractivity (Wildman–Crippen MR) is 195 cm³/mol. The minimum atomic E-state index is -1.09. The monoisotopic (exact) mass is 726 g/mol. The van der Waals surface area contributed by atoms with E-state index >= 15 is 0 Å². The van der Waals surface area contributed by atoms with Gasteiger partial charge in [-0.3, -0.25) is 28.8 Å². The van der Waals surface area contributed by atoms with Gasteiger partial charge in [-0.25, -0.2) is 4.79 Å². The molecule has 0 rings (SSSR count). The molecule has 0 aliphatic heterocycles. The molecular weight excluding hydrogens is 658 g/mol. The molecule has 0 saturated heterocycles. The summed E-state index contributed by atoms with van der Waals surface area (Å²) in [5.74, 6) is -6.45. The van der Waals surface area contributed by atoms with Crippen LogP contribution in [0.4, 0.5) is 0 Å². The maximum absolute atomic E-state index is 13.7. The molecule has 0 bridgehead atoms. The molecule has 0 aromatic carbocycles. The smallest absolute Gasteiger partial charge is 0.328 e. The molecule has 0 aromatic heterocycles. The standard InChI is InChI=1S/C36H67N7O8/c1-16(2)23(37)30(44)38-24(17(3)4)31(45)39-25(18(5)6)32(46)40-26(19(7)8)33(47)41-27(20(9)10)34(48)42-28(21(11)12)35(49)43-29(22(13)14)36(50)51-15/h16-29H,37H2,1-15H3,(H,38,44)(H,39,45)(H,40,46)(H,41,47)(H,42,48)(H,43,49)/t23-,24-,25-,26-,27-,28-,29-/m0/s1. The molecule has 0 unspecified atom stereocenters. The maximum atomic E-state index is 13.7. The quantitative estimate of drug-likeness (QED) is 0.0887. The summed E-state index contributed by atoms with van der Waals surface area (Å²) in [5, 5.41) is 16.3. The average molecular weight is 726 g/mol. The Bertz CT molecular complexity index is 1200. The van der Waals surface area contributed by atoms with E-state index in [1.165, 1.54) is 7.11 Å². The third kappa shape index (κ3) is 14.8. The van der Waals surface area contributed by atoms with Gasteiger partial charge in [-0.2, -0.15) is 0 Å². The highest BCUT2D eigenvalue weighted by Crippen LogP contribution is 2.13.